The first-order chi connectivity index (χ1) is 9.70. The molecule has 2 N–H and O–H groups in total. The van der Waals surface area contributed by atoms with Crippen molar-refractivity contribution < 1.29 is 9.90 Å². The van der Waals surface area contributed by atoms with Crippen LogP contribution in [0.4, 0.5) is 5.69 Å². The summed E-state index contributed by atoms with van der Waals surface area (Å²) in [6.45, 7) is 0. The topological polar surface area (TPSA) is 91.1 Å². The number of hydrazone groups is 1. The number of phenolic OH excluding ortho intramolecular Hbond substituents is 1. The Bertz CT molecular complexity index is 668. The summed E-state index contributed by atoms with van der Waals surface area (Å²) in [7, 11) is 0. The first kappa shape index (κ1) is 13.4. The van der Waals surface area contributed by atoms with E-state index < -0.39 is 5.91 Å². The molecule has 0 aromatic heterocycles. The number of aromatic hydroxyl groups is 1. The summed E-state index contributed by atoms with van der Waals surface area (Å²) in [5.41, 5.74) is 3.23. The van der Waals surface area contributed by atoms with Crippen LogP contribution in [-0.4, -0.2) is 17.2 Å². The number of amides is 1. The van der Waals surface area contributed by atoms with E-state index >= 15 is 0 Å². The monoisotopic (exact) mass is 269 g/mol. The van der Waals surface area contributed by atoms with E-state index in [2.05, 4.69) is 15.7 Å². The fourth-order valence-electron chi connectivity index (χ4n) is 1.53. The lowest BCUT2D eigenvalue weighted by atomic mass is 10.2. The van der Waals surface area contributed by atoms with Gasteiger partial charge in [-0.1, -0.05) is 18.2 Å². The zero-order chi connectivity index (χ0) is 14.4. The Kier molecular flexibility index (Phi) is 4.18. The van der Waals surface area contributed by atoms with Crippen molar-refractivity contribution >= 4 is 17.8 Å². The number of carbonyl (C=O) groups is 1. The summed E-state index contributed by atoms with van der Waals surface area (Å²) in [4.78, 5) is 22.1. The molecule has 6 nitrogen and oxygen atoms in total. The van der Waals surface area contributed by atoms with E-state index in [1.165, 1.54) is 24.4 Å². The van der Waals surface area contributed by atoms with Crippen LogP contribution in [0.25, 0.3) is 0 Å². The molecule has 0 fully saturated rings. The molecule has 0 unspecified atom stereocenters. The van der Waals surface area contributed by atoms with Gasteiger partial charge in [-0.3, -0.25) is 4.79 Å². The summed E-state index contributed by atoms with van der Waals surface area (Å²) in [5.74, 6) is -0.403. The van der Waals surface area contributed by atoms with E-state index in [0.717, 1.165) is 0 Å². The Balaban J connectivity index is 2.05. The molecular weight excluding hydrogens is 258 g/mol. The molecule has 6 heteroatoms. The van der Waals surface area contributed by atoms with Gasteiger partial charge in [0.15, 0.2) is 0 Å². The highest BCUT2D eigenvalue weighted by atomic mass is 16.3. The number of rotatable bonds is 4. The van der Waals surface area contributed by atoms with E-state index in [1.54, 1.807) is 30.3 Å². The normalized spacial score (nSPS) is 10.4. The molecule has 0 spiro atoms. The second-order valence-electron chi connectivity index (χ2n) is 3.90. The van der Waals surface area contributed by atoms with Gasteiger partial charge in [-0.25, -0.2) is 5.43 Å². The first-order valence-corrected chi connectivity index (χ1v) is 5.75. The fourth-order valence-corrected chi connectivity index (χ4v) is 1.53. The lowest BCUT2D eigenvalue weighted by Crippen LogP contribution is -2.17. The van der Waals surface area contributed by atoms with Crippen molar-refractivity contribution in [3.05, 3.63) is 64.6 Å². The van der Waals surface area contributed by atoms with Crippen LogP contribution < -0.4 is 5.43 Å². The lowest BCUT2D eigenvalue weighted by molar-refractivity contribution is 0.0955. The van der Waals surface area contributed by atoms with Gasteiger partial charge in [0.05, 0.1) is 6.21 Å². The molecular formula is C14H11N3O3. The smallest absolute Gasteiger partial charge is 0.271 e. The second-order valence-corrected chi connectivity index (χ2v) is 3.90. The van der Waals surface area contributed by atoms with Crippen molar-refractivity contribution in [2.24, 2.45) is 10.3 Å². The minimum atomic E-state index is -0.470. The van der Waals surface area contributed by atoms with Gasteiger partial charge >= 0.3 is 0 Å². The molecule has 0 aliphatic rings. The van der Waals surface area contributed by atoms with Crippen molar-refractivity contribution in [2.75, 3.05) is 0 Å². The predicted molar refractivity (Wildman–Crippen MR) is 75.1 cm³/mol. The van der Waals surface area contributed by atoms with Crippen molar-refractivity contribution in [1.82, 2.24) is 5.43 Å². The van der Waals surface area contributed by atoms with Gasteiger partial charge < -0.3 is 5.11 Å². The van der Waals surface area contributed by atoms with Crippen LogP contribution in [0.3, 0.4) is 0 Å². The average molecular weight is 269 g/mol. The predicted octanol–water partition coefficient (Wildman–Crippen LogP) is 2.55. The average Bonchev–Trinajstić information content (AvgIpc) is 2.49. The maximum Gasteiger partial charge on any atom is 0.271 e. The molecule has 2 aromatic rings. The maximum absolute atomic E-state index is 11.8. The summed E-state index contributed by atoms with van der Waals surface area (Å²) in [5, 5.41) is 16.0. The van der Waals surface area contributed by atoms with Crippen LogP contribution in [0.1, 0.15) is 15.9 Å². The largest absolute Gasteiger partial charge is 0.507 e. The fraction of sp³-hybridized carbons (Fsp3) is 0. The Labute approximate surface area is 114 Å². The van der Waals surface area contributed by atoms with Crippen LogP contribution in [0.5, 0.6) is 5.75 Å². The molecule has 0 heterocycles. The van der Waals surface area contributed by atoms with E-state index in [-0.39, 0.29) is 17.0 Å². The molecule has 0 aliphatic carbocycles. The second kappa shape index (κ2) is 6.24. The SMILES string of the molecule is O=Nc1cccc(C(=O)N/N=C/c2ccccc2O)c1. The number of carbonyl (C=O) groups excluding carboxylic acids is 1. The van der Waals surface area contributed by atoms with Crippen LogP contribution in [0.2, 0.25) is 0 Å². The Morgan fingerprint density at radius 1 is 1.15 bits per heavy atom. The summed E-state index contributed by atoms with van der Waals surface area (Å²) in [6, 6.07) is 12.5. The van der Waals surface area contributed by atoms with E-state index in [0.29, 0.717) is 5.56 Å². The molecule has 1 amide bonds. The molecule has 0 atom stereocenters. The highest BCUT2D eigenvalue weighted by Crippen LogP contribution is 2.14. The van der Waals surface area contributed by atoms with Gasteiger partial charge in [-0.15, -0.1) is 4.91 Å². The standard InChI is InChI=1S/C14H11N3O3/c18-13-7-2-1-4-11(13)9-15-16-14(19)10-5-3-6-12(8-10)17-20/h1-9,18H,(H,16,19)/b15-9+. The lowest BCUT2D eigenvalue weighted by Gasteiger charge is -2.00. The Hall–Kier alpha value is -3.02. The minimum absolute atomic E-state index is 0.0673. The molecule has 2 aromatic carbocycles. The van der Waals surface area contributed by atoms with E-state index in [9.17, 15) is 14.8 Å². The van der Waals surface area contributed by atoms with E-state index in [4.69, 9.17) is 0 Å². The summed E-state index contributed by atoms with van der Waals surface area (Å²) < 4.78 is 0. The van der Waals surface area contributed by atoms with Crippen LogP contribution >= 0.6 is 0 Å². The zero-order valence-electron chi connectivity index (χ0n) is 10.4. The third-order valence-electron chi connectivity index (χ3n) is 2.52. The van der Waals surface area contributed by atoms with Crippen LogP contribution in [-0.2, 0) is 0 Å². The molecule has 0 saturated carbocycles. The number of benzene rings is 2. The molecule has 0 aliphatic heterocycles. The van der Waals surface area contributed by atoms with Crippen molar-refractivity contribution in [3.8, 4) is 5.75 Å². The maximum atomic E-state index is 11.8. The van der Waals surface area contributed by atoms with E-state index in [1.807, 2.05) is 0 Å². The third kappa shape index (κ3) is 3.26. The summed E-state index contributed by atoms with van der Waals surface area (Å²) >= 11 is 0. The molecule has 2 rings (SSSR count). The van der Waals surface area contributed by atoms with Gasteiger partial charge in [0.1, 0.15) is 11.4 Å². The van der Waals surface area contributed by atoms with Crippen molar-refractivity contribution in [3.63, 3.8) is 0 Å². The molecule has 0 saturated heterocycles. The van der Waals surface area contributed by atoms with Gasteiger partial charge in [-0.2, -0.15) is 5.10 Å². The number of nitrogens with one attached hydrogen (secondary N) is 1. The zero-order valence-corrected chi connectivity index (χ0v) is 10.4. The third-order valence-corrected chi connectivity index (χ3v) is 2.52. The number of nitroso groups, excluding NO2 is 1. The number of para-hydroxylation sites is 1. The number of hydrogen-bond donors (Lipinski definition) is 2. The van der Waals surface area contributed by atoms with Gasteiger partial charge in [-0.05, 0) is 35.5 Å². The number of hydrogen-bond acceptors (Lipinski definition) is 5. The highest BCUT2D eigenvalue weighted by molar-refractivity contribution is 5.95. The van der Waals surface area contributed by atoms with Crippen LogP contribution in [0.15, 0.2) is 58.8 Å². The minimum Gasteiger partial charge on any atom is -0.507 e. The Morgan fingerprint density at radius 2 is 1.95 bits per heavy atom. The van der Waals surface area contributed by atoms with Crippen molar-refractivity contribution in [1.29, 1.82) is 0 Å². The number of nitrogens with zero attached hydrogens (tertiary/aromatic N) is 2. The molecule has 20 heavy (non-hydrogen) atoms. The van der Waals surface area contributed by atoms with Gasteiger partial charge in [0.2, 0.25) is 0 Å². The van der Waals surface area contributed by atoms with Crippen LogP contribution in [0, 0.1) is 4.91 Å². The molecule has 0 radical (unpaired) electrons. The van der Waals surface area contributed by atoms with Gasteiger partial charge in [0.25, 0.3) is 5.91 Å². The number of phenols is 1. The first-order valence-electron chi connectivity index (χ1n) is 5.75. The quantitative estimate of drug-likeness (QED) is 0.507. The molecule has 0 bridgehead atoms. The molecule has 100 valence electrons. The van der Waals surface area contributed by atoms with Crippen molar-refractivity contribution in [2.45, 2.75) is 0 Å². The Morgan fingerprint density at radius 3 is 2.70 bits per heavy atom. The summed E-state index contributed by atoms with van der Waals surface area (Å²) in [6.07, 6.45) is 1.33. The highest BCUT2D eigenvalue weighted by Gasteiger charge is 2.05. The van der Waals surface area contributed by atoms with Gasteiger partial charge in [0, 0.05) is 11.1 Å².